The Labute approximate surface area is 139 Å². The third-order valence-electron chi connectivity index (χ3n) is 3.60. The summed E-state index contributed by atoms with van der Waals surface area (Å²) < 4.78 is 7.58. The molecule has 0 saturated heterocycles. The Morgan fingerprint density at radius 2 is 2.30 bits per heavy atom. The van der Waals surface area contributed by atoms with E-state index in [4.69, 9.17) is 4.74 Å². The van der Waals surface area contributed by atoms with Crippen LogP contribution >= 0.6 is 11.8 Å². The number of fused-ring (bicyclic) bond motifs is 1. The number of carbonyl (C=O) groups excluding carboxylic acids is 1. The summed E-state index contributed by atoms with van der Waals surface area (Å²) in [6.07, 6.45) is 4.02. The molecular weight excluding hydrogens is 312 g/mol. The van der Waals surface area contributed by atoms with Gasteiger partial charge in [-0.3, -0.25) is 9.48 Å². The third-order valence-corrected chi connectivity index (χ3v) is 4.54. The number of hydrogen-bond donors (Lipinski definition) is 1. The van der Waals surface area contributed by atoms with E-state index in [1.54, 1.807) is 18.1 Å². The van der Waals surface area contributed by atoms with Gasteiger partial charge in [0.05, 0.1) is 6.61 Å². The fourth-order valence-corrected chi connectivity index (χ4v) is 3.08. The molecule has 1 aliphatic heterocycles. The Hall–Kier alpha value is -2.02. The standard InChI is InChI=1S/C16H20N4O2S/c1-2-20-11-17-16(19-20)23-9-3-8-22-13-6-4-12-5-7-15(21)18-14(12)10-13/h4,6,10-11H,2-3,5,7-9H2,1H3,(H,18,21). The van der Waals surface area contributed by atoms with E-state index in [0.717, 1.165) is 41.7 Å². The van der Waals surface area contributed by atoms with E-state index in [-0.39, 0.29) is 5.91 Å². The van der Waals surface area contributed by atoms with Crippen LogP contribution in [0, 0.1) is 0 Å². The highest BCUT2D eigenvalue weighted by Gasteiger charge is 2.14. The molecule has 1 aliphatic rings. The van der Waals surface area contributed by atoms with Gasteiger partial charge in [-0.25, -0.2) is 4.98 Å². The van der Waals surface area contributed by atoms with E-state index < -0.39 is 0 Å². The van der Waals surface area contributed by atoms with Crippen LogP contribution in [0.15, 0.2) is 29.7 Å². The average molecular weight is 332 g/mol. The zero-order valence-corrected chi connectivity index (χ0v) is 13.9. The molecule has 0 unspecified atom stereocenters. The Bertz CT molecular complexity index is 686. The lowest BCUT2D eigenvalue weighted by Gasteiger charge is -2.17. The smallest absolute Gasteiger partial charge is 0.224 e. The van der Waals surface area contributed by atoms with Gasteiger partial charge in [0.15, 0.2) is 0 Å². The number of thioether (sulfide) groups is 1. The highest BCUT2D eigenvalue weighted by molar-refractivity contribution is 7.99. The number of aromatic nitrogens is 3. The second-order valence-electron chi connectivity index (χ2n) is 5.30. The molecule has 0 aliphatic carbocycles. The number of anilines is 1. The van der Waals surface area contributed by atoms with Crippen molar-refractivity contribution < 1.29 is 9.53 Å². The Balaban J connectivity index is 1.42. The maximum absolute atomic E-state index is 11.4. The molecule has 0 saturated carbocycles. The molecule has 2 heterocycles. The highest BCUT2D eigenvalue weighted by atomic mass is 32.2. The molecule has 0 bridgehead atoms. The molecular formula is C16H20N4O2S. The minimum atomic E-state index is 0.0741. The van der Waals surface area contributed by atoms with Crippen LogP contribution in [-0.4, -0.2) is 33.0 Å². The number of rotatable bonds is 7. The van der Waals surface area contributed by atoms with Crippen LogP contribution in [-0.2, 0) is 17.8 Å². The number of ether oxygens (including phenoxy) is 1. The average Bonchev–Trinajstić information content (AvgIpc) is 3.02. The van der Waals surface area contributed by atoms with E-state index in [0.29, 0.717) is 13.0 Å². The van der Waals surface area contributed by atoms with Gasteiger partial charge in [0, 0.05) is 30.5 Å². The molecule has 23 heavy (non-hydrogen) atoms. The predicted octanol–water partition coefficient (Wildman–Crippen LogP) is 2.74. The van der Waals surface area contributed by atoms with Crippen LogP contribution in [0.5, 0.6) is 5.75 Å². The number of nitrogens with one attached hydrogen (secondary N) is 1. The van der Waals surface area contributed by atoms with E-state index >= 15 is 0 Å². The molecule has 1 amide bonds. The monoisotopic (exact) mass is 332 g/mol. The summed E-state index contributed by atoms with van der Waals surface area (Å²) >= 11 is 1.63. The maximum Gasteiger partial charge on any atom is 0.224 e. The third kappa shape index (κ3) is 4.25. The number of aryl methyl sites for hydroxylation is 2. The molecule has 1 aromatic carbocycles. The molecule has 2 aromatic rings. The van der Waals surface area contributed by atoms with Crippen molar-refractivity contribution in [1.29, 1.82) is 0 Å². The Kier molecular flexibility index (Phi) is 5.17. The minimum Gasteiger partial charge on any atom is -0.493 e. The van der Waals surface area contributed by atoms with Crippen LogP contribution < -0.4 is 10.1 Å². The van der Waals surface area contributed by atoms with Crippen molar-refractivity contribution in [3.8, 4) is 5.75 Å². The second kappa shape index (κ2) is 7.50. The molecule has 3 rings (SSSR count). The van der Waals surface area contributed by atoms with Crippen LogP contribution in [0.1, 0.15) is 25.3 Å². The van der Waals surface area contributed by atoms with E-state index in [2.05, 4.69) is 15.4 Å². The second-order valence-corrected chi connectivity index (χ2v) is 6.36. The molecule has 0 atom stereocenters. The predicted molar refractivity (Wildman–Crippen MR) is 89.9 cm³/mol. The SMILES string of the molecule is CCn1cnc(SCCCOc2ccc3c(c2)NC(=O)CC3)n1. The van der Waals surface area contributed by atoms with Crippen molar-refractivity contribution in [1.82, 2.24) is 14.8 Å². The first-order valence-electron chi connectivity index (χ1n) is 7.82. The number of benzene rings is 1. The summed E-state index contributed by atoms with van der Waals surface area (Å²) in [4.78, 5) is 15.7. The van der Waals surface area contributed by atoms with Crippen LogP contribution in [0.25, 0.3) is 0 Å². The Morgan fingerprint density at radius 3 is 3.13 bits per heavy atom. The quantitative estimate of drug-likeness (QED) is 0.624. The van der Waals surface area contributed by atoms with Gasteiger partial charge in [-0.1, -0.05) is 17.8 Å². The lowest BCUT2D eigenvalue weighted by molar-refractivity contribution is -0.116. The fraction of sp³-hybridized carbons (Fsp3) is 0.438. The lowest BCUT2D eigenvalue weighted by Crippen LogP contribution is -2.18. The van der Waals surface area contributed by atoms with Crippen LogP contribution in [0.4, 0.5) is 5.69 Å². The summed E-state index contributed by atoms with van der Waals surface area (Å²) in [5.74, 6) is 1.78. The largest absolute Gasteiger partial charge is 0.493 e. The van der Waals surface area contributed by atoms with E-state index in [1.165, 1.54) is 5.56 Å². The highest BCUT2D eigenvalue weighted by Crippen LogP contribution is 2.27. The van der Waals surface area contributed by atoms with Crippen LogP contribution in [0.2, 0.25) is 0 Å². The molecule has 1 N–H and O–H groups in total. The normalized spacial score (nSPS) is 13.5. The number of nitrogens with zero attached hydrogens (tertiary/aromatic N) is 3. The summed E-state index contributed by atoms with van der Waals surface area (Å²) in [6, 6.07) is 5.90. The van der Waals surface area contributed by atoms with Crippen molar-refractivity contribution in [3.05, 3.63) is 30.1 Å². The van der Waals surface area contributed by atoms with Gasteiger partial charge in [0.25, 0.3) is 0 Å². The number of amides is 1. The van der Waals surface area contributed by atoms with Gasteiger partial charge in [-0.15, -0.1) is 5.10 Å². The van der Waals surface area contributed by atoms with Gasteiger partial charge in [0.2, 0.25) is 11.1 Å². The molecule has 0 fully saturated rings. The first-order chi connectivity index (χ1) is 11.2. The molecule has 6 nitrogen and oxygen atoms in total. The lowest BCUT2D eigenvalue weighted by atomic mass is 10.0. The topological polar surface area (TPSA) is 69.0 Å². The summed E-state index contributed by atoms with van der Waals surface area (Å²) in [6.45, 7) is 3.51. The van der Waals surface area contributed by atoms with Gasteiger partial charge < -0.3 is 10.1 Å². The van der Waals surface area contributed by atoms with Gasteiger partial charge >= 0.3 is 0 Å². The van der Waals surface area contributed by atoms with Crippen molar-refractivity contribution in [2.45, 2.75) is 37.9 Å². The zero-order valence-electron chi connectivity index (χ0n) is 13.1. The molecule has 0 spiro atoms. The first kappa shape index (κ1) is 15.9. The van der Waals surface area contributed by atoms with Crippen molar-refractivity contribution >= 4 is 23.4 Å². The molecule has 7 heteroatoms. The first-order valence-corrected chi connectivity index (χ1v) is 8.81. The zero-order chi connectivity index (χ0) is 16.1. The minimum absolute atomic E-state index is 0.0741. The van der Waals surface area contributed by atoms with Crippen molar-refractivity contribution in [3.63, 3.8) is 0 Å². The maximum atomic E-state index is 11.4. The Morgan fingerprint density at radius 1 is 1.39 bits per heavy atom. The van der Waals surface area contributed by atoms with Crippen molar-refractivity contribution in [2.75, 3.05) is 17.7 Å². The van der Waals surface area contributed by atoms with Gasteiger partial charge in [-0.2, -0.15) is 0 Å². The molecule has 122 valence electrons. The number of hydrogen-bond acceptors (Lipinski definition) is 5. The summed E-state index contributed by atoms with van der Waals surface area (Å²) in [7, 11) is 0. The molecule has 1 aromatic heterocycles. The summed E-state index contributed by atoms with van der Waals surface area (Å²) in [5, 5.41) is 8.03. The number of carbonyl (C=O) groups is 1. The van der Waals surface area contributed by atoms with Crippen molar-refractivity contribution in [2.24, 2.45) is 0 Å². The summed E-state index contributed by atoms with van der Waals surface area (Å²) in [5.41, 5.74) is 2.05. The van der Waals surface area contributed by atoms with Crippen LogP contribution in [0.3, 0.4) is 0 Å². The van der Waals surface area contributed by atoms with Gasteiger partial charge in [0.1, 0.15) is 12.1 Å². The van der Waals surface area contributed by atoms with E-state index in [9.17, 15) is 4.79 Å². The van der Waals surface area contributed by atoms with Gasteiger partial charge in [-0.05, 0) is 31.4 Å². The molecule has 0 radical (unpaired) electrons. The fourth-order valence-electron chi connectivity index (χ4n) is 2.35. The van der Waals surface area contributed by atoms with E-state index in [1.807, 2.05) is 29.8 Å².